The van der Waals surface area contributed by atoms with Crippen LogP contribution in [0.25, 0.3) is 0 Å². The molecule has 1 fully saturated rings. The lowest BCUT2D eigenvalue weighted by molar-refractivity contribution is 0.0696. The van der Waals surface area contributed by atoms with Crippen molar-refractivity contribution in [3.05, 3.63) is 34.1 Å². The van der Waals surface area contributed by atoms with Gasteiger partial charge >= 0.3 is 0 Å². The van der Waals surface area contributed by atoms with Crippen LogP contribution < -0.4 is 0 Å². The second kappa shape index (κ2) is 6.84. The number of hydrogen-bond donors (Lipinski definition) is 0. The minimum atomic E-state index is -0.393. The summed E-state index contributed by atoms with van der Waals surface area (Å²) in [5, 5.41) is 0.744. The zero-order valence-corrected chi connectivity index (χ0v) is 13.7. The van der Waals surface area contributed by atoms with E-state index in [2.05, 4.69) is 31.9 Å². The van der Waals surface area contributed by atoms with Gasteiger partial charge < -0.3 is 4.90 Å². The molecule has 0 radical (unpaired) electrons. The van der Waals surface area contributed by atoms with E-state index in [0.717, 1.165) is 18.2 Å². The largest absolute Gasteiger partial charge is 0.335 e. The van der Waals surface area contributed by atoms with Crippen LogP contribution in [-0.4, -0.2) is 28.7 Å². The van der Waals surface area contributed by atoms with Gasteiger partial charge in [0.1, 0.15) is 5.82 Å². The topological polar surface area (TPSA) is 20.3 Å². The quantitative estimate of drug-likeness (QED) is 0.696. The number of carbonyl (C=O) groups is 1. The molecule has 0 atom stereocenters. The summed E-state index contributed by atoms with van der Waals surface area (Å²) in [6, 6.07) is 4.87. The summed E-state index contributed by atoms with van der Waals surface area (Å²) in [6.45, 7) is 0.668. The highest BCUT2D eigenvalue weighted by Gasteiger charge is 2.27. The fraction of sp³-hybridized carbons (Fsp3) is 0.500. The van der Waals surface area contributed by atoms with Crippen LogP contribution in [0.1, 0.15) is 36.0 Å². The van der Waals surface area contributed by atoms with Crippen LogP contribution >= 0.6 is 31.9 Å². The van der Waals surface area contributed by atoms with Crippen molar-refractivity contribution in [3.63, 3.8) is 0 Å². The molecule has 19 heavy (non-hydrogen) atoms. The summed E-state index contributed by atoms with van der Waals surface area (Å²) < 4.78 is 13.9. The van der Waals surface area contributed by atoms with Gasteiger partial charge in [-0.05, 0) is 47.0 Å². The van der Waals surface area contributed by atoms with Gasteiger partial charge in [-0.2, -0.15) is 0 Å². The Labute approximate surface area is 129 Å². The molecule has 1 saturated carbocycles. The Morgan fingerprint density at radius 1 is 1.37 bits per heavy atom. The molecule has 2 rings (SSSR count). The fourth-order valence-electron chi connectivity index (χ4n) is 2.55. The molecule has 0 unspecified atom stereocenters. The van der Waals surface area contributed by atoms with E-state index in [-0.39, 0.29) is 5.91 Å². The molecule has 0 bridgehead atoms. The van der Waals surface area contributed by atoms with Crippen LogP contribution in [0.15, 0.2) is 22.7 Å². The number of carbonyl (C=O) groups excluding carboxylic acids is 1. The van der Waals surface area contributed by atoms with Gasteiger partial charge in [0, 0.05) is 23.5 Å². The average molecular weight is 393 g/mol. The van der Waals surface area contributed by atoms with Crippen LogP contribution in [0, 0.1) is 5.82 Å². The number of amides is 1. The number of hydrogen-bond acceptors (Lipinski definition) is 1. The summed E-state index contributed by atoms with van der Waals surface area (Å²) in [4.78, 5) is 14.4. The first kappa shape index (κ1) is 15.0. The first-order valence-electron chi connectivity index (χ1n) is 6.45. The van der Waals surface area contributed by atoms with E-state index in [4.69, 9.17) is 0 Å². The predicted molar refractivity (Wildman–Crippen MR) is 81.2 cm³/mol. The van der Waals surface area contributed by atoms with Crippen LogP contribution in [-0.2, 0) is 0 Å². The first-order chi connectivity index (χ1) is 9.13. The fourth-order valence-corrected chi connectivity index (χ4v) is 3.18. The number of halogens is 3. The summed E-state index contributed by atoms with van der Waals surface area (Å²) >= 11 is 6.49. The third-order valence-electron chi connectivity index (χ3n) is 3.52. The normalized spacial score (nSPS) is 15.7. The van der Waals surface area contributed by atoms with Crippen molar-refractivity contribution in [2.45, 2.75) is 31.7 Å². The molecule has 1 aliphatic rings. The summed E-state index contributed by atoms with van der Waals surface area (Å²) in [6.07, 6.45) is 4.45. The Morgan fingerprint density at radius 2 is 2.05 bits per heavy atom. The third-order valence-corrected chi connectivity index (χ3v) is 4.52. The van der Waals surface area contributed by atoms with Crippen LogP contribution in [0.3, 0.4) is 0 Å². The van der Waals surface area contributed by atoms with Gasteiger partial charge in [0.25, 0.3) is 5.91 Å². The van der Waals surface area contributed by atoms with Gasteiger partial charge in [0.05, 0.1) is 4.47 Å². The van der Waals surface area contributed by atoms with Gasteiger partial charge in [-0.15, -0.1) is 0 Å². The van der Waals surface area contributed by atoms with Crippen molar-refractivity contribution in [1.82, 2.24) is 4.90 Å². The minimum absolute atomic E-state index is 0.0715. The van der Waals surface area contributed by atoms with E-state index in [9.17, 15) is 9.18 Å². The molecule has 0 aliphatic heterocycles. The van der Waals surface area contributed by atoms with Gasteiger partial charge in [-0.1, -0.05) is 28.8 Å². The molecule has 0 heterocycles. The molecular weight excluding hydrogens is 377 g/mol. The SMILES string of the molecule is O=C(c1ccc(Br)c(F)c1)N(CCBr)C1CCCC1. The molecule has 1 amide bonds. The Balaban J connectivity index is 2.20. The molecule has 1 aromatic carbocycles. The molecule has 0 N–H and O–H groups in total. The van der Waals surface area contributed by atoms with E-state index in [1.807, 2.05) is 4.90 Å². The number of benzene rings is 1. The van der Waals surface area contributed by atoms with E-state index in [1.165, 1.54) is 18.9 Å². The Hall–Kier alpha value is -0.420. The molecule has 0 aromatic heterocycles. The highest BCUT2D eigenvalue weighted by atomic mass is 79.9. The first-order valence-corrected chi connectivity index (χ1v) is 8.37. The van der Waals surface area contributed by atoms with E-state index in [0.29, 0.717) is 22.6 Å². The van der Waals surface area contributed by atoms with Gasteiger partial charge in [0.15, 0.2) is 0 Å². The van der Waals surface area contributed by atoms with Gasteiger partial charge in [-0.25, -0.2) is 4.39 Å². The number of nitrogens with zero attached hydrogens (tertiary/aromatic N) is 1. The van der Waals surface area contributed by atoms with E-state index >= 15 is 0 Å². The van der Waals surface area contributed by atoms with Crippen molar-refractivity contribution in [3.8, 4) is 0 Å². The zero-order valence-electron chi connectivity index (χ0n) is 10.5. The summed E-state index contributed by atoms with van der Waals surface area (Å²) in [5.41, 5.74) is 0.425. The molecule has 1 aliphatic carbocycles. The summed E-state index contributed by atoms with van der Waals surface area (Å²) in [5.74, 6) is -0.464. The van der Waals surface area contributed by atoms with Crippen molar-refractivity contribution >= 4 is 37.8 Å². The lowest BCUT2D eigenvalue weighted by Crippen LogP contribution is -2.40. The Kier molecular flexibility index (Phi) is 5.39. The van der Waals surface area contributed by atoms with Gasteiger partial charge in [0.2, 0.25) is 0 Å². The summed E-state index contributed by atoms with van der Waals surface area (Å²) in [7, 11) is 0. The molecule has 1 aromatic rings. The van der Waals surface area contributed by atoms with Crippen LogP contribution in [0.5, 0.6) is 0 Å². The van der Waals surface area contributed by atoms with Crippen LogP contribution in [0.2, 0.25) is 0 Å². The zero-order chi connectivity index (χ0) is 13.8. The van der Waals surface area contributed by atoms with Crippen molar-refractivity contribution in [1.29, 1.82) is 0 Å². The molecule has 104 valence electrons. The molecule has 2 nitrogen and oxygen atoms in total. The Morgan fingerprint density at radius 3 is 2.63 bits per heavy atom. The maximum atomic E-state index is 13.5. The van der Waals surface area contributed by atoms with Crippen molar-refractivity contribution in [2.24, 2.45) is 0 Å². The maximum absolute atomic E-state index is 13.5. The number of rotatable bonds is 4. The van der Waals surface area contributed by atoms with Crippen molar-refractivity contribution < 1.29 is 9.18 Å². The minimum Gasteiger partial charge on any atom is -0.335 e. The lowest BCUT2D eigenvalue weighted by Gasteiger charge is -2.28. The van der Waals surface area contributed by atoms with Gasteiger partial charge in [-0.3, -0.25) is 4.79 Å². The molecule has 0 spiro atoms. The third kappa shape index (κ3) is 3.57. The Bertz CT molecular complexity index is 461. The lowest BCUT2D eigenvalue weighted by atomic mass is 10.1. The van der Waals surface area contributed by atoms with E-state index < -0.39 is 5.82 Å². The molecule has 0 saturated heterocycles. The highest BCUT2D eigenvalue weighted by Crippen LogP contribution is 2.26. The van der Waals surface area contributed by atoms with E-state index in [1.54, 1.807) is 12.1 Å². The van der Waals surface area contributed by atoms with Crippen molar-refractivity contribution in [2.75, 3.05) is 11.9 Å². The monoisotopic (exact) mass is 391 g/mol. The highest BCUT2D eigenvalue weighted by molar-refractivity contribution is 9.10. The smallest absolute Gasteiger partial charge is 0.254 e. The number of alkyl halides is 1. The standard InChI is InChI=1S/C14H16Br2FNO/c15-7-8-18(11-3-1-2-4-11)14(19)10-5-6-12(16)13(17)9-10/h5-6,9,11H,1-4,7-8H2. The maximum Gasteiger partial charge on any atom is 0.254 e. The second-order valence-electron chi connectivity index (χ2n) is 4.75. The van der Waals surface area contributed by atoms with Crippen LogP contribution in [0.4, 0.5) is 4.39 Å². The molecular formula is C14H16Br2FNO. The average Bonchev–Trinajstić information content (AvgIpc) is 2.92. The second-order valence-corrected chi connectivity index (χ2v) is 6.40. The predicted octanol–water partition coefficient (Wildman–Crippen LogP) is 4.37. The molecule has 5 heteroatoms.